The van der Waals surface area contributed by atoms with Crippen LogP contribution in [0.25, 0.3) is 0 Å². The fourth-order valence-corrected chi connectivity index (χ4v) is 0. The molecule has 0 aromatic rings. The standard InChI is InChI=1S/2Li.3H3O4P.2H/c;;3*1-5(2,3)4;;/h;;3*(H3,1,2,3,4);;/q2*+1;;;;2*-1. The molecule has 0 saturated heterocycles. The summed E-state index contributed by atoms with van der Waals surface area (Å²) in [6.45, 7) is 0. The van der Waals surface area contributed by atoms with Gasteiger partial charge in [-0.15, -0.1) is 0 Å². The largest absolute Gasteiger partial charge is 1.00 e. The van der Waals surface area contributed by atoms with Crippen LogP contribution >= 0.6 is 23.5 Å². The van der Waals surface area contributed by atoms with Crippen molar-refractivity contribution in [2.75, 3.05) is 0 Å². The molecule has 0 amide bonds. The number of rotatable bonds is 0. The van der Waals surface area contributed by atoms with Gasteiger partial charge in [-0.1, -0.05) is 0 Å². The predicted molar refractivity (Wildman–Crippen MR) is 45.0 cm³/mol. The van der Waals surface area contributed by atoms with Crippen molar-refractivity contribution >= 4 is 23.5 Å². The summed E-state index contributed by atoms with van der Waals surface area (Å²) >= 11 is 0. The molecule has 0 spiro atoms. The molecule has 0 saturated carbocycles. The van der Waals surface area contributed by atoms with Crippen LogP contribution in [-0.4, -0.2) is 44.0 Å². The van der Waals surface area contributed by atoms with Gasteiger partial charge >= 0.3 is 61.2 Å². The smallest absolute Gasteiger partial charge is 1.00 e. The van der Waals surface area contributed by atoms with Crippen molar-refractivity contribution in [3.8, 4) is 0 Å². The molecule has 0 atom stereocenters. The minimum atomic E-state index is -4.64. The average molecular weight is 310 g/mol. The van der Waals surface area contributed by atoms with Crippen LogP contribution in [0.1, 0.15) is 2.85 Å². The number of hydrogen-bond acceptors (Lipinski definition) is 3. The van der Waals surface area contributed by atoms with E-state index >= 15 is 0 Å². The van der Waals surface area contributed by atoms with Crippen molar-refractivity contribution in [1.82, 2.24) is 0 Å². The third-order valence-corrected chi connectivity index (χ3v) is 0. The monoisotopic (exact) mass is 310 g/mol. The van der Waals surface area contributed by atoms with E-state index in [1.54, 1.807) is 0 Å². The third kappa shape index (κ3) is 1820. The van der Waals surface area contributed by atoms with Gasteiger partial charge in [0.1, 0.15) is 0 Å². The molecule has 17 heavy (non-hydrogen) atoms. The van der Waals surface area contributed by atoms with E-state index in [2.05, 4.69) is 0 Å². The molecule has 0 aliphatic rings. The molecule has 17 heteroatoms. The fraction of sp³-hybridized carbons (Fsp3) is 0. The van der Waals surface area contributed by atoms with Gasteiger partial charge in [0, 0.05) is 0 Å². The van der Waals surface area contributed by atoms with Crippen LogP contribution in [0.2, 0.25) is 0 Å². The SMILES string of the molecule is O=P(O)(O)O.O=P(O)(O)O.O=P(O)(O)O.[H-].[H-].[Li+].[Li+]. The quantitative estimate of drug-likeness (QED) is 0.150. The van der Waals surface area contributed by atoms with Crippen LogP contribution in [0.15, 0.2) is 0 Å². The molecular formula is H11Li2O12P3. The van der Waals surface area contributed by atoms with E-state index in [9.17, 15) is 0 Å². The van der Waals surface area contributed by atoms with E-state index in [0.29, 0.717) is 0 Å². The Hall–Kier alpha value is 1.52. The zero-order valence-electron chi connectivity index (χ0n) is 10.6. The second kappa shape index (κ2) is 12.6. The first-order chi connectivity index (χ1) is 6.00. The maximum atomic E-state index is 8.88. The normalized spacial score (nSPS) is 10.4. The van der Waals surface area contributed by atoms with Crippen LogP contribution < -0.4 is 37.7 Å². The van der Waals surface area contributed by atoms with Crippen molar-refractivity contribution in [3.63, 3.8) is 0 Å². The Kier molecular flexibility index (Phi) is 23.0. The van der Waals surface area contributed by atoms with Gasteiger partial charge in [0.05, 0.1) is 0 Å². The summed E-state index contributed by atoms with van der Waals surface area (Å²) in [5.41, 5.74) is 0. The van der Waals surface area contributed by atoms with Crippen LogP contribution in [0, 0.1) is 0 Å². The van der Waals surface area contributed by atoms with E-state index in [0.717, 1.165) is 0 Å². The molecule has 0 aliphatic heterocycles. The van der Waals surface area contributed by atoms with Gasteiger partial charge in [-0.05, 0) is 0 Å². The van der Waals surface area contributed by atoms with Crippen molar-refractivity contribution in [2.24, 2.45) is 0 Å². The van der Waals surface area contributed by atoms with Crippen molar-refractivity contribution < 1.29 is 98.3 Å². The van der Waals surface area contributed by atoms with Crippen LogP contribution in [0.3, 0.4) is 0 Å². The Morgan fingerprint density at radius 2 is 0.471 bits per heavy atom. The van der Waals surface area contributed by atoms with E-state index in [1.807, 2.05) is 0 Å². The Balaban J connectivity index is -0.0000000206. The maximum absolute atomic E-state index is 8.88. The third-order valence-electron chi connectivity index (χ3n) is 0. The molecular weight excluding hydrogens is 299 g/mol. The van der Waals surface area contributed by atoms with Gasteiger partial charge in [-0.25, -0.2) is 13.7 Å². The van der Waals surface area contributed by atoms with E-state index < -0.39 is 23.5 Å². The molecule has 0 aromatic heterocycles. The molecule has 0 fully saturated rings. The van der Waals surface area contributed by atoms with Gasteiger partial charge < -0.3 is 46.9 Å². The summed E-state index contributed by atoms with van der Waals surface area (Å²) < 4.78 is 26.6. The summed E-state index contributed by atoms with van der Waals surface area (Å²) in [4.78, 5) is 64.7. The fourth-order valence-electron chi connectivity index (χ4n) is 0. The average Bonchev–Trinajstić information content (AvgIpc) is 1.41. The second-order valence-electron chi connectivity index (χ2n) is 1.54. The maximum Gasteiger partial charge on any atom is 1.00 e. The van der Waals surface area contributed by atoms with Gasteiger partial charge in [0.25, 0.3) is 0 Å². The Morgan fingerprint density at radius 1 is 0.471 bits per heavy atom. The first kappa shape index (κ1) is 31.1. The topological polar surface area (TPSA) is 233 Å². The first-order valence-electron chi connectivity index (χ1n) is 2.35. The van der Waals surface area contributed by atoms with Crippen molar-refractivity contribution in [3.05, 3.63) is 0 Å². The minimum Gasteiger partial charge on any atom is -1.00 e. The van der Waals surface area contributed by atoms with Crippen molar-refractivity contribution in [2.45, 2.75) is 0 Å². The van der Waals surface area contributed by atoms with Gasteiger partial charge in [-0.3, -0.25) is 0 Å². The Bertz CT molecular complexity index is 215. The molecule has 12 nitrogen and oxygen atoms in total. The number of hydrogen-bond donors (Lipinski definition) is 9. The molecule has 0 rings (SSSR count). The van der Waals surface area contributed by atoms with Crippen molar-refractivity contribution in [1.29, 1.82) is 0 Å². The van der Waals surface area contributed by atoms with E-state index in [1.165, 1.54) is 0 Å². The zero-order valence-corrected chi connectivity index (χ0v) is 11.3. The van der Waals surface area contributed by atoms with Gasteiger partial charge in [0.2, 0.25) is 0 Å². The van der Waals surface area contributed by atoms with Gasteiger partial charge in [0.15, 0.2) is 0 Å². The summed E-state index contributed by atoms with van der Waals surface area (Å²) in [5.74, 6) is 0. The molecule has 0 aromatic carbocycles. The van der Waals surface area contributed by atoms with E-state index in [4.69, 9.17) is 57.7 Å². The molecule has 0 bridgehead atoms. The molecule has 0 aliphatic carbocycles. The Morgan fingerprint density at radius 3 is 0.471 bits per heavy atom. The molecule has 0 unspecified atom stereocenters. The van der Waals surface area contributed by atoms with Crippen LogP contribution in [-0.2, 0) is 13.7 Å². The summed E-state index contributed by atoms with van der Waals surface area (Å²) in [6.07, 6.45) is 0. The van der Waals surface area contributed by atoms with Crippen LogP contribution in [0.5, 0.6) is 0 Å². The molecule has 100 valence electrons. The van der Waals surface area contributed by atoms with Gasteiger partial charge in [-0.2, -0.15) is 0 Å². The molecule has 0 heterocycles. The van der Waals surface area contributed by atoms with E-state index in [-0.39, 0.29) is 40.6 Å². The first-order valence-corrected chi connectivity index (χ1v) is 7.04. The molecule has 9 N–H and O–H groups in total. The minimum absolute atomic E-state index is 0. The summed E-state index contributed by atoms with van der Waals surface area (Å²) in [5, 5.41) is 0. The zero-order chi connectivity index (χ0) is 13.5. The van der Waals surface area contributed by atoms with Crippen LogP contribution in [0.4, 0.5) is 0 Å². The summed E-state index contributed by atoms with van der Waals surface area (Å²) in [6, 6.07) is 0. The number of phosphoric acid groups is 3. The second-order valence-corrected chi connectivity index (χ2v) is 4.62. The summed E-state index contributed by atoms with van der Waals surface area (Å²) in [7, 11) is -13.9. The Labute approximate surface area is 122 Å². The predicted octanol–water partition coefficient (Wildman–Crippen LogP) is -8.55. The molecule has 0 radical (unpaired) electrons.